The van der Waals surface area contributed by atoms with Crippen LogP contribution in [0.1, 0.15) is 16.8 Å². The number of benzene rings is 2. The van der Waals surface area contributed by atoms with Gasteiger partial charge in [-0.25, -0.2) is 0 Å². The highest BCUT2D eigenvalue weighted by Crippen LogP contribution is 2.26. The van der Waals surface area contributed by atoms with Crippen molar-refractivity contribution in [3.63, 3.8) is 0 Å². The Bertz CT molecular complexity index is 813. The van der Waals surface area contributed by atoms with Gasteiger partial charge in [-0.15, -0.1) is 0 Å². The van der Waals surface area contributed by atoms with E-state index in [0.29, 0.717) is 12.4 Å². The number of hydrogen-bond donors (Lipinski definition) is 1. The van der Waals surface area contributed by atoms with E-state index in [-0.39, 0.29) is 0 Å². The van der Waals surface area contributed by atoms with Gasteiger partial charge in [-0.2, -0.15) is 0 Å². The Labute approximate surface area is 136 Å². The summed E-state index contributed by atoms with van der Waals surface area (Å²) < 4.78 is 6.89. The summed E-state index contributed by atoms with van der Waals surface area (Å²) in [5.41, 5.74) is 5.53. The Morgan fingerprint density at radius 3 is 2.43 bits per heavy atom. The zero-order chi connectivity index (χ0) is 16.2. The molecule has 0 aliphatic carbocycles. The second-order valence-corrected chi connectivity index (χ2v) is 5.60. The summed E-state index contributed by atoms with van der Waals surface area (Å²) in [6, 6.07) is 20.3. The highest BCUT2D eigenvalue weighted by Gasteiger charge is 2.09. The van der Waals surface area contributed by atoms with Crippen LogP contribution < -0.4 is 9.47 Å². The van der Waals surface area contributed by atoms with Crippen LogP contribution in [-0.4, -0.2) is 5.21 Å². The van der Waals surface area contributed by atoms with Crippen molar-refractivity contribution in [2.24, 2.45) is 0 Å². The zero-order valence-corrected chi connectivity index (χ0v) is 13.4. The van der Waals surface area contributed by atoms with Crippen LogP contribution in [0.2, 0.25) is 0 Å². The number of pyridine rings is 1. The predicted molar refractivity (Wildman–Crippen MR) is 89.5 cm³/mol. The van der Waals surface area contributed by atoms with Crippen LogP contribution in [0, 0.1) is 13.8 Å². The van der Waals surface area contributed by atoms with Crippen molar-refractivity contribution in [2.75, 3.05) is 0 Å². The smallest absolute Gasteiger partial charge is 0.264 e. The Hall–Kier alpha value is -2.81. The van der Waals surface area contributed by atoms with Crippen molar-refractivity contribution in [3.8, 4) is 16.9 Å². The van der Waals surface area contributed by atoms with Gasteiger partial charge in [0, 0.05) is 17.7 Å². The molecule has 1 aromatic heterocycles. The minimum Gasteiger partial charge on any atom is -0.483 e. The van der Waals surface area contributed by atoms with Gasteiger partial charge < -0.3 is 4.74 Å². The molecule has 0 amide bonds. The number of hydrogen-bond acceptors (Lipinski definition) is 2. The lowest BCUT2D eigenvalue weighted by atomic mass is 9.97. The first-order valence-corrected chi connectivity index (χ1v) is 7.63. The fourth-order valence-corrected chi connectivity index (χ4v) is 2.56. The zero-order valence-electron chi connectivity index (χ0n) is 13.4. The molecule has 0 radical (unpaired) electrons. The first kappa shape index (κ1) is 15.1. The Morgan fingerprint density at radius 2 is 1.70 bits per heavy atom. The van der Waals surface area contributed by atoms with Crippen molar-refractivity contribution in [2.45, 2.75) is 20.5 Å². The average Bonchev–Trinajstić information content (AvgIpc) is 2.58. The number of rotatable bonds is 4. The summed E-state index contributed by atoms with van der Waals surface area (Å²) in [6.45, 7) is 4.41. The molecule has 0 aliphatic heterocycles. The Kier molecular flexibility index (Phi) is 4.29. The van der Waals surface area contributed by atoms with Crippen LogP contribution in [0.4, 0.5) is 0 Å². The Morgan fingerprint density at radius 1 is 0.913 bits per heavy atom. The highest BCUT2D eigenvalue weighted by atomic mass is 16.5. The maximum absolute atomic E-state index is 9.68. The third-order valence-corrected chi connectivity index (χ3v) is 4.02. The van der Waals surface area contributed by atoms with E-state index in [0.717, 1.165) is 16.0 Å². The number of ether oxygens (including phenoxy) is 1. The van der Waals surface area contributed by atoms with Crippen LogP contribution in [0.5, 0.6) is 5.75 Å². The summed E-state index contributed by atoms with van der Waals surface area (Å²) in [5, 5.41) is 9.68. The fourth-order valence-electron chi connectivity index (χ4n) is 2.56. The number of nitrogens with zero attached hydrogens (tertiary/aromatic N) is 1. The maximum atomic E-state index is 9.68. The molecule has 0 saturated heterocycles. The summed E-state index contributed by atoms with van der Waals surface area (Å²) in [7, 11) is 0. The first-order chi connectivity index (χ1) is 11.1. The standard InChI is InChI=1S/C20H20NO2/c1-15-11-12-19(13-21(15)22)23-14-18-9-6-10-20(16(18)2)17-7-4-3-5-8-17/h3-13,22H,14H2,1-2H3/q+1. The second kappa shape index (κ2) is 6.53. The summed E-state index contributed by atoms with van der Waals surface area (Å²) in [4.78, 5) is 0. The fraction of sp³-hybridized carbons (Fsp3) is 0.150. The molecule has 3 nitrogen and oxygen atoms in total. The van der Waals surface area contributed by atoms with Gasteiger partial charge in [0.05, 0.1) is 0 Å². The molecular weight excluding hydrogens is 286 g/mol. The van der Waals surface area contributed by atoms with Crippen molar-refractivity contribution in [3.05, 3.63) is 83.7 Å². The van der Waals surface area contributed by atoms with Crippen molar-refractivity contribution < 1.29 is 14.7 Å². The van der Waals surface area contributed by atoms with E-state index < -0.39 is 0 Å². The number of aromatic nitrogens is 1. The quantitative estimate of drug-likeness (QED) is 0.582. The van der Waals surface area contributed by atoms with E-state index in [1.807, 2.05) is 37.3 Å². The summed E-state index contributed by atoms with van der Waals surface area (Å²) >= 11 is 0. The molecular formula is C20H20NO2+. The third-order valence-electron chi connectivity index (χ3n) is 4.02. The van der Waals surface area contributed by atoms with Gasteiger partial charge in [-0.3, -0.25) is 5.21 Å². The first-order valence-electron chi connectivity index (χ1n) is 7.63. The summed E-state index contributed by atoms with van der Waals surface area (Å²) in [6.07, 6.45) is 1.58. The lowest BCUT2D eigenvalue weighted by Crippen LogP contribution is -2.32. The van der Waals surface area contributed by atoms with Gasteiger partial charge in [0.2, 0.25) is 5.69 Å². The average molecular weight is 306 g/mol. The highest BCUT2D eigenvalue weighted by molar-refractivity contribution is 5.68. The molecule has 3 aromatic rings. The van der Waals surface area contributed by atoms with Crippen LogP contribution in [-0.2, 0) is 6.61 Å². The predicted octanol–water partition coefficient (Wildman–Crippen LogP) is 4.07. The van der Waals surface area contributed by atoms with Gasteiger partial charge in [-0.05, 0) is 35.2 Å². The Balaban J connectivity index is 1.82. The monoisotopic (exact) mass is 306 g/mol. The molecule has 3 heteroatoms. The molecule has 3 rings (SSSR count). The van der Waals surface area contributed by atoms with E-state index in [2.05, 4.69) is 37.3 Å². The van der Waals surface area contributed by atoms with Gasteiger partial charge in [0.15, 0.2) is 5.75 Å². The largest absolute Gasteiger partial charge is 0.483 e. The lowest BCUT2D eigenvalue weighted by molar-refractivity contribution is -0.908. The molecule has 2 aromatic carbocycles. The molecule has 1 heterocycles. The number of aryl methyl sites for hydroxylation is 1. The van der Waals surface area contributed by atoms with Crippen molar-refractivity contribution in [1.82, 2.24) is 0 Å². The topological polar surface area (TPSA) is 33.3 Å². The third kappa shape index (κ3) is 3.34. The molecule has 0 spiro atoms. The minimum absolute atomic E-state index is 0.468. The van der Waals surface area contributed by atoms with E-state index >= 15 is 0 Å². The van der Waals surface area contributed by atoms with E-state index in [4.69, 9.17) is 4.74 Å². The van der Waals surface area contributed by atoms with Crippen molar-refractivity contribution >= 4 is 0 Å². The maximum Gasteiger partial charge on any atom is 0.264 e. The normalized spacial score (nSPS) is 10.5. The van der Waals surface area contributed by atoms with E-state index in [9.17, 15) is 5.21 Å². The SMILES string of the molecule is Cc1c(COc2ccc(C)[n+](O)c2)cccc1-c1ccccc1. The molecule has 0 saturated carbocycles. The summed E-state index contributed by atoms with van der Waals surface area (Å²) in [5.74, 6) is 0.641. The molecule has 0 bridgehead atoms. The molecule has 0 unspecified atom stereocenters. The van der Waals surface area contributed by atoms with Crippen LogP contribution >= 0.6 is 0 Å². The molecule has 116 valence electrons. The minimum atomic E-state index is 0.468. The van der Waals surface area contributed by atoms with Crippen molar-refractivity contribution in [1.29, 1.82) is 0 Å². The van der Waals surface area contributed by atoms with E-state index in [1.54, 1.807) is 6.20 Å². The van der Waals surface area contributed by atoms with Gasteiger partial charge in [0.25, 0.3) is 6.20 Å². The molecule has 1 N–H and O–H groups in total. The van der Waals surface area contributed by atoms with Crippen LogP contribution in [0.15, 0.2) is 66.9 Å². The molecule has 0 atom stereocenters. The van der Waals surface area contributed by atoms with Gasteiger partial charge in [0.1, 0.15) is 6.61 Å². The molecule has 23 heavy (non-hydrogen) atoms. The van der Waals surface area contributed by atoms with Gasteiger partial charge in [-0.1, -0.05) is 48.5 Å². The van der Waals surface area contributed by atoms with E-state index in [1.165, 1.54) is 16.7 Å². The van der Waals surface area contributed by atoms with Crippen LogP contribution in [0.3, 0.4) is 0 Å². The van der Waals surface area contributed by atoms with Gasteiger partial charge >= 0.3 is 0 Å². The lowest BCUT2D eigenvalue weighted by Gasteiger charge is -2.12. The molecule has 0 fully saturated rings. The molecule has 0 aliphatic rings. The second-order valence-electron chi connectivity index (χ2n) is 5.60. The van der Waals surface area contributed by atoms with Crippen LogP contribution in [0.25, 0.3) is 11.1 Å².